The van der Waals surface area contributed by atoms with Gasteiger partial charge in [-0.25, -0.2) is 4.68 Å². The molecule has 0 aliphatic heterocycles. The van der Waals surface area contributed by atoms with Gasteiger partial charge in [0.05, 0.1) is 17.4 Å². The van der Waals surface area contributed by atoms with Crippen LogP contribution in [-0.4, -0.2) is 27.1 Å². The second kappa shape index (κ2) is 8.31. The maximum atomic E-state index is 12.8. The third kappa shape index (κ3) is 3.79. The largest absolute Gasteiger partial charge is 0.392 e. The molecule has 0 fully saturated rings. The van der Waals surface area contributed by atoms with E-state index in [2.05, 4.69) is 19.2 Å². The molecule has 0 aliphatic carbocycles. The maximum Gasteiger partial charge on any atom is 0.276 e. The Kier molecular flexibility index (Phi) is 6.40. The van der Waals surface area contributed by atoms with Crippen LogP contribution in [0.15, 0.2) is 35.1 Å². The van der Waals surface area contributed by atoms with Gasteiger partial charge in [-0.15, -0.1) is 0 Å². The molecule has 0 saturated heterocycles. The Bertz CT molecular complexity index is 699. The molecule has 1 heterocycles. The van der Waals surface area contributed by atoms with E-state index in [9.17, 15) is 9.90 Å². The molecule has 0 spiro atoms. The minimum atomic E-state index is -0.375. The van der Waals surface area contributed by atoms with Crippen molar-refractivity contribution in [1.82, 2.24) is 14.7 Å². The molecular weight excluding hydrogens is 302 g/mol. The molecule has 0 amide bonds. The van der Waals surface area contributed by atoms with Gasteiger partial charge in [0.1, 0.15) is 0 Å². The zero-order chi connectivity index (χ0) is 17.7. The normalized spacial score (nSPS) is 12.8. The second-order valence-electron chi connectivity index (χ2n) is 6.31. The fraction of sp³-hybridized carbons (Fsp3) is 0.526. The van der Waals surface area contributed by atoms with Crippen LogP contribution in [0.4, 0.5) is 0 Å². The van der Waals surface area contributed by atoms with Gasteiger partial charge in [-0.05, 0) is 25.0 Å². The molecule has 0 bridgehead atoms. The van der Waals surface area contributed by atoms with Crippen molar-refractivity contribution < 1.29 is 5.11 Å². The maximum absolute atomic E-state index is 12.8. The average molecular weight is 331 g/mol. The number of aliphatic hydroxyl groups is 1. The van der Waals surface area contributed by atoms with Crippen LogP contribution < -0.4 is 10.9 Å². The average Bonchev–Trinajstić information content (AvgIpc) is 2.80. The highest BCUT2D eigenvalue weighted by molar-refractivity contribution is 5.33. The lowest BCUT2D eigenvalue weighted by molar-refractivity contribution is 0.101. The summed E-state index contributed by atoms with van der Waals surface area (Å²) in [7, 11) is 1.90. The molecule has 5 nitrogen and oxygen atoms in total. The van der Waals surface area contributed by atoms with E-state index in [1.165, 1.54) is 0 Å². The molecule has 2 aromatic rings. The zero-order valence-corrected chi connectivity index (χ0v) is 15.1. The Hall–Kier alpha value is -1.85. The topological polar surface area (TPSA) is 59.2 Å². The van der Waals surface area contributed by atoms with Crippen LogP contribution in [-0.2, 0) is 13.6 Å². The van der Waals surface area contributed by atoms with Gasteiger partial charge >= 0.3 is 0 Å². The van der Waals surface area contributed by atoms with Crippen LogP contribution in [0.25, 0.3) is 5.69 Å². The predicted molar refractivity (Wildman–Crippen MR) is 97.5 cm³/mol. The van der Waals surface area contributed by atoms with Crippen molar-refractivity contribution in [1.29, 1.82) is 0 Å². The number of para-hydroxylation sites is 1. The molecule has 1 aromatic heterocycles. The summed E-state index contributed by atoms with van der Waals surface area (Å²) in [6.45, 7) is 7.12. The first-order valence-corrected chi connectivity index (χ1v) is 8.72. The van der Waals surface area contributed by atoms with Crippen LogP contribution in [0.3, 0.4) is 0 Å². The molecule has 1 atom stereocenters. The van der Waals surface area contributed by atoms with Crippen LogP contribution in [0, 0.1) is 12.8 Å². The predicted octanol–water partition coefficient (Wildman–Crippen LogP) is 2.37. The highest BCUT2D eigenvalue weighted by atomic mass is 16.3. The first-order valence-electron chi connectivity index (χ1n) is 8.72. The summed E-state index contributed by atoms with van der Waals surface area (Å²) in [5.41, 5.74) is 2.54. The highest BCUT2D eigenvalue weighted by Gasteiger charge is 2.18. The van der Waals surface area contributed by atoms with Gasteiger partial charge in [-0.3, -0.25) is 9.48 Å². The molecule has 2 rings (SSSR count). The molecule has 0 radical (unpaired) electrons. The molecule has 1 aromatic carbocycles. The quantitative estimate of drug-likeness (QED) is 0.781. The number of hydrogen-bond acceptors (Lipinski definition) is 3. The molecule has 132 valence electrons. The fourth-order valence-electron chi connectivity index (χ4n) is 3.17. The summed E-state index contributed by atoms with van der Waals surface area (Å²) in [6.07, 6.45) is 1.55. The monoisotopic (exact) mass is 331 g/mol. The number of hydrogen-bond donors (Lipinski definition) is 2. The van der Waals surface area contributed by atoms with Crippen LogP contribution >= 0.6 is 0 Å². The SMILES string of the molecule is CCC(CC)C(O)CNCc1c(C)n(C)n(-c2ccccc2)c1=O. The van der Waals surface area contributed by atoms with Gasteiger partial charge in [0.25, 0.3) is 5.56 Å². The summed E-state index contributed by atoms with van der Waals surface area (Å²) in [4.78, 5) is 12.8. The van der Waals surface area contributed by atoms with Crippen molar-refractivity contribution >= 4 is 0 Å². The van der Waals surface area contributed by atoms with Crippen LogP contribution in [0.5, 0.6) is 0 Å². The van der Waals surface area contributed by atoms with Crippen molar-refractivity contribution in [2.75, 3.05) is 6.54 Å². The van der Waals surface area contributed by atoms with E-state index in [1.54, 1.807) is 4.68 Å². The number of nitrogens with one attached hydrogen (secondary N) is 1. The van der Waals surface area contributed by atoms with Gasteiger partial charge in [0.15, 0.2) is 0 Å². The zero-order valence-electron chi connectivity index (χ0n) is 15.1. The van der Waals surface area contributed by atoms with Gasteiger partial charge < -0.3 is 10.4 Å². The van der Waals surface area contributed by atoms with Crippen molar-refractivity contribution in [3.63, 3.8) is 0 Å². The standard InChI is InChI=1S/C19H29N3O2/c1-5-15(6-2)18(23)13-20-12-17-14(3)21(4)22(19(17)24)16-10-8-7-9-11-16/h7-11,15,18,20,23H,5-6,12-13H2,1-4H3. The minimum absolute atomic E-state index is 0.00859. The summed E-state index contributed by atoms with van der Waals surface area (Å²) in [5.74, 6) is 0.301. The number of aliphatic hydroxyl groups excluding tert-OH is 1. The van der Waals surface area contributed by atoms with E-state index < -0.39 is 0 Å². The molecule has 0 aliphatic rings. The van der Waals surface area contributed by atoms with E-state index in [1.807, 2.05) is 49.0 Å². The van der Waals surface area contributed by atoms with Crippen molar-refractivity contribution in [3.05, 3.63) is 51.9 Å². The Morgan fingerprint density at radius 3 is 2.38 bits per heavy atom. The molecule has 5 heteroatoms. The fourth-order valence-corrected chi connectivity index (χ4v) is 3.17. The number of rotatable bonds is 8. The van der Waals surface area contributed by atoms with Gasteiger partial charge in [0, 0.05) is 25.8 Å². The van der Waals surface area contributed by atoms with E-state index in [0.717, 1.165) is 29.8 Å². The molecular formula is C19H29N3O2. The first-order chi connectivity index (χ1) is 11.5. The van der Waals surface area contributed by atoms with Crippen LogP contribution in [0.2, 0.25) is 0 Å². The molecule has 24 heavy (non-hydrogen) atoms. The number of aromatic nitrogens is 2. The first kappa shape index (κ1) is 18.5. The van der Waals surface area contributed by atoms with E-state index in [-0.39, 0.29) is 11.7 Å². The smallest absolute Gasteiger partial charge is 0.276 e. The van der Waals surface area contributed by atoms with Gasteiger partial charge in [-0.2, -0.15) is 0 Å². The minimum Gasteiger partial charge on any atom is -0.392 e. The van der Waals surface area contributed by atoms with E-state index in [4.69, 9.17) is 0 Å². The number of benzene rings is 1. The second-order valence-corrected chi connectivity index (χ2v) is 6.31. The lowest BCUT2D eigenvalue weighted by Crippen LogP contribution is -2.33. The summed E-state index contributed by atoms with van der Waals surface area (Å²) < 4.78 is 3.57. The van der Waals surface area contributed by atoms with E-state index in [0.29, 0.717) is 19.0 Å². The van der Waals surface area contributed by atoms with E-state index >= 15 is 0 Å². The molecule has 1 unspecified atom stereocenters. The van der Waals surface area contributed by atoms with Crippen molar-refractivity contribution in [2.45, 2.75) is 46.3 Å². The Morgan fingerprint density at radius 1 is 1.17 bits per heavy atom. The van der Waals surface area contributed by atoms with Crippen molar-refractivity contribution in [2.24, 2.45) is 13.0 Å². The lowest BCUT2D eigenvalue weighted by Gasteiger charge is -2.20. The van der Waals surface area contributed by atoms with Crippen LogP contribution in [0.1, 0.15) is 37.9 Å². The van der Waals surface area contributed by atoms with Crippen molar-refractivity contribution in [3.8, 4) is 5.69 Å². The van der Waals surface area contributed by atoms with Gasteiger partial charge in [0.2, 0.25) is 0 Å². The third-order valence-corrected chi connectivity index (χ3v) is 4.92. The Labute approximate surface area is 143 Å². The Morgan fingerprint density at radius 2 is 1.79 bits per heavy atom. The Balaban J connectivity index is 2.14. The van der Waals surface area contributed by atoms with Gasteiger partial charge in [-0.1, -0.05) is 44.9 Å². The highest BCUT2D eigenvalue weighted by Crippen LogP contribution is 2.13. The lowest BCUT2D eigenvalue weighted by atomic mass is 9.96. The molecule has 0 saturated carbocycles. The third-order valence-electron chi connectivity index (χ3n) is 4.92. The number of nitrogens with zero attached hydrogens (tertiary/aromatic N) is 2. The summed E-state index contributed by atoms with van der Waals surface area (Å²) in [5, 5.41) is 13.5. The molecule has 2 N–H and O–H groups in total. The summed E-state index contributed by atoms with van der Waals surface area (Å²) >= 11 is 0. The summed E-state index contributed by atoms with van der Waals surface area (Å²) in [6, 6.07) is 9.64.